The van der Waals surface area contributed by atoms with Crippen LogP contribution in [0.5, 0.6) is 17.4 Å². The fraction of sp³-hybridized carbons (Fsp3) is 0.350. The third-order valence-electron chi connectivity index (χ3n) is 3.77. The van der Waals surface area contributed by atoms with Gasteiger partial charge in [-0.2, -0.15) is 18.4 Å². The van der Waals surface area contributed by atoms with Crippen LogP contribution in [0.4, 0.5) is 13.2 Å². The minimum absolute atomic E-state index is 0.133. The van der Waals surface area contributed by atoms with Crippen LogP contribution in [0.25, 0.3) is 0 Å². The van der Waals surface area contributed by atoms with Crippen LogP contribution in [0.2, 0.25) is 0 Å². The lowest BCUT2D eigenvalue weighted by Gasteiger charge is -2.11. The Morgan fingerprint density at radius 3 is 2.70 bits per heavy atom. The van der Waals surface area contributed by atoms with Crippen LogP contribution in [0, 0.1) is 11.3 Å². The number of rotatable bonds is 10. The van der Waals surface area contributed by atoms with Gasteiger partial charge >= 0.3 is 6.18 Å². The predicted molar refractivity (Wildman–Crippen MR) is 100 cm³/mol. The molecule has 2 rings (SSSR count). The minimum atomic E-state index is -4.45. The second-order valence-corrected chi connectivity index (χ2v) is 6.11. The second-order valence-electron chi connectivity index (χ2n) is 6.11. The summed E-state index contributed by atoms with van der Waals surface area (Å²) in [6.45, 7) is -1.03. The lowest BCUT2D eigenvalue weighted by Crippen LogP contribution is -2.23. The Balaban J connectivity index is 1.72. The molecule has 30 heavy (non-hydrogen) atoms. The Kier molecular flexibility index (Phi) is 8.29. The van der Waals surface area contributed by atoms with Crippen molar-refractivity contribution in [3.63, 3.8) is 0 Å². The topological polar surface area (TPSA) is 93.5 Å². The molecule has 0 aliphatic carbocycles. The van der Waals surface area contributed by atoms with Gasteiger partial charge in [0.05, 0.1) is 25.3 Å². The van der Waals surface area contributed by atoms with Crippen LogP contribution in [0.3, 0.4) is 0 Å². The van der Waals surface area contributed by atoms with Gasteiger partial charge in [-0.3, -0.25) is 4.79 Å². The first kappa shape index (κ1) is 22.8. The molecule has 2 aromatic rings. The van der Waals surface area contributed by atoms with Gasteiger partial charge in [0.15, 0.2) is 18.1 Å². The maximum Gasteiger partial charge on any atom is 0.422 e. The molecule has 0 saturated heterocycles. The maximum atomic E-state index is 12.2. The molecule has 0 unspecified atom stereocenters. The van der Waals surface area contributed by atoms with Crippen molar-refractivity contribution >= 4 is 5.91 Å². The highest BCUT2D eigenvalue weighted by Crippen LogP contribution is 2.28. The number of ether oxygens (including phenoxy) is 3. The Labute approximate surface area is 171 Å². The highest BCUT2D eigenvalue weighted by Gasteiger charge is 2.28. The van der Waals surface area contributed by atoms with Crippen molar-refractivity contribution in [3.8, 4) is 23.4 Å². The second kappa shape index (κ2) is 10.9. The molecule has 1 amide bonds. The summed E-state index contributed by atoms with van der Waals surface area (Å²) in [6, 6.07) is 9.70. The summed E-state index contributed by atoms with van der Waals surface area (Å²) in [5.41, 5.74) is 1.01. The zero-order chi connectivity index (χ0) is 22.0. The number of methoxy groups -OCH3 is 1. The van der Waals surface area contributed by atoms with E-state index in [-0.39, 0.29) is 31.4 Å². The SMILES string of the molecule is COc1cc(C#N)ccc1OCCCC(=O)NCc1ccnc(OCC(F)(F)F)c1. The molecule has 0 bridgehead atoms. The number of nitrogens with one attached hydrogen (secondary N) is 1. The van der Waals surface area contributed by atoms with Crippen molar-refractivity contribution in [2.45, 2.75) is 25.6 Å². The number of hydrogen-bond acceptors (Lipinski definition) is 6. The zero-order valence-corrected chi connectivity index (χ0v) is 16.2. The Bertz CT molecular complexity index is 898. The highest BCUT2D eigenvalue weighted by atomic mass is 19.4. The minimum Gasteiger partial charge on any atom is -0.493 e. The van der Waals surface area contributed by atoms with Gasteiger partial charge < -0.3 is 19.5 Å². The molecule has 0 radical (unpaired) electrons. The van der Waals surface area contributed by atoms with Gasteiger partial charge in [0.1, 0.15) is 0 Å². The van der Waals surface area contributed by atoms with E-state index in [0.29, 0.717) is 29.0 Å². The molecule has 1 heterocycles. The van der Waals surface area contributed by atoms with E-state index in [2.05, 4.69) is 15.0 Å². The van der Waals surface area contributed by atoms with Gasteiger partial charge in [-0.05, 0) is 30.2 Å². The highest BCUT2D eigenvalue weighted by molar-refractivity contribution is 5.75. The van der Waals surface area contributed by atoms with Crippen molar-refractivity contribution in [2.75, 3.05) is 20.3 Å². The third-order valence-corrected chi connectivity index (χ3v) is 3.77. The van der Waals surface area contributed by atoms with Crippen molar-refractivity contribution in [1.82, 2.24) is 10.3 Å². The number of carbonyl (C=O) groups is 1. The van der Waals surface area contributed by atoms with Gasteiger partial charge in [-0.1, -0.05) is 0 Å². The summed E-state index contributed by atoms with van der Waals surface area (Å²) in [4.78, 5) is 15.7. The largest absolute Gasteiger partial charge is 0.493 e. The summed E-state index contributed by atoms with van der Waals surface area (Å²) >= 11 is 0. The molecule has 160 valence electrons. The first-order chi connectivity index (χ1) is 14.3. The van der Waals surface area contributed by atoms with Crippen LogP contribution in [-0.4, -0.2) is 37.4 Å². The third kappa shape index (κ3) is 7.87. The molecule has 1 N–H and O–H groups in total. The number of carbonyl (C=O) groups excluding carboxylic acids is 1. The molecule has 0 saturated carbocycles. The summed E-state index contributed by atoms with van der Waals surface area (Å²) in [7, 11) is 1.47. The summed E-state index contributed by atoms with van der Waals surface area (Å²) in [6.07, 6.45) is -2.51. The van der Waals surface area contributed by atoms with Gasteiger partial charge in [0.2, 0.25) is 11.8 Å². The lowest BCUT2D eigenvalue weighted by molar-refractivity contribution is -0.154. The number of hydrogen-bond donors (Lipinski definition) is 1. The molecule has 1 aromatic heterocycles. The van der Waals surface area contributed by atoms with E-state index in [1.807, 2.05) is 6.07 Å². The van der Waals surface area contributed by atoms with E-state index in [1.165, 1.54) is 19.4 Å². The summed E-state index contributed by atoms with van der Waals surface area (Å²) in [5.74, 6) is 0.503. The fourth-order valence-corrected chi connectivity index (χ4v) is 2.36. The van der Waals surface area contributed by atoms with E-state index >= 15 is 0 Å². The molecule has 0 atom stereocenters. The number of nitrogens with zero attached hydrogens (tertiary/aromatic N) is 2. The molecule has 1 aromatic carbocycles. The number of halogens is 3. The molecule has 10 heteroatoms. The van der Waals surface area contributed by atoms with Crippen molar-refractivity contribution in [2.24, 2.45) is 0 Å². The van der Waals surface area contributed by atoms with Gasteiger partial charge in [-0.15, -0.1) is 0 Å². The quantitative estimate of drug-likeness (QED) is 0.589. The number of nitriles is 1. The molecule has 0 aliphatic heterocycles. The molecular weight excluding hydrogens is 403 g/mol. The van der Waals surface area contributed by atoms with E-state index < -0.39 is 12.8 Å². The van der Waals surface area contributed by atoms with Crippen LogP contribution in [-0.2, 0) is 11.3 Å². The van der Waals surface area contributed by atoms with Gasteiger partial charge in [-0.25, -0.2) is 4.98 Å². The van der Waals surface area contributed by atoms with E-state index in [0.717, 1.165) is 0 Å². The van der Waals surface area contributed by atoms with E-state index in [1.54, 1.807) is 24.3 Å². The monoisotopic (exact) mass is 423 g/mol. The van der Waals surface area contributed by atoms with Crippen LogP contribution >= 0.6 is 0 Å². The van der Waals surface area contributed by atoms with Crippen LogP contribution in [0.15, 0.2) is 36.5 Å². The normalized spacial score (nSPS) is 10.8. The zero-order valence-electron chi connectivity index (χ0n) is 16.2. The van der Waals surface area contributed by atoms with Gasteiger partial charge in [0, 0.05) is 31.3 Å². The van der Waals surface area contributed by atoms with Crippen LogP contribution < -0.4 is 19.5 Å². The van der Waals surface area contributed by atoms with E-state index in [9.17, 15) is 18.0 Å². The lowest BCUT2D eigenvalue weighted by atomic mass is 10.2. The van der Waals surface area contributed by atoms with Crippen molar-refractivity contribution in [3.05, 3.63) is 47.7 Å². The number of amides is 1. The molecule has 7 nitrogen and oxygen atoms in total. The van der Waals surface area contributed by atoms with Crippen LogP contribution in [0.1, 0.15) is 24.0 Å². The Morgan fingerprint density at radius 2 is 2.00 bits per heavy atom. The Morgan fingerprint density at radius 1 is 1.20 bits per heavy atom. The molecular formula is C20H20F3N3O4. The molecule has 0 fully saturated rings. The first-order valence-electron chi connectivity index (χ1n) is 8.93. The fourth-order valence-electron chi connectivity index (χ4n) is 2.36. The number of benzene rings is 1. The molecule has 0 spiro atoms. The number of pyridine rings is 1. The predicted octanol–water partition coefficient (Wildman–Crippen LogP) is 3.38. The smallest absolute Gasteiger partial charge is 0.422 e. The molecule has 0 aliphatic rings. The van der Waals surface area contributed by atoms with Crippen molar-refractivity contribution in [1.29, 1.82) is 5.26 Å². The standard InChI is InChI=1S/C20H20F3N3O4/c1-28-17-9-14(11-24)4-5-16(17)29-8-2-3-18(27)26-12-15-6-7-25-19(10-15)30-13-20(21,22)23/h4-7,9-10H,2-3,8,12-13H2,1H3,(H,26,27). The van der Waals surface area contributed by atoms with E-state index in [4.69, 9.17) is 14.7 Å². The summed E-state index contributed by atoms with van der Waals surface area (Å²) < 4.78 is 51.9. The first-order valence-corrected chi connectivity index (χ1v) is 8.93. The average molecular weight is 423 g/mol. The van der Waals surface area contributed by atoms with Crippen molar-refractivity contribution < 1.29 is 32.2 Å². The number of aromatic nitrogens is 1. The average Bonchev–Trinajstić information content (AvgIpc) is 2.73. The van der Waals surface area contributed by atoms with Gasteiger partial charge in [0.25, 0.3) is 0 Å². The Hall–Kier alpha value is -3.48. The maximum absolute atomic E-state index is 12.2. The summed E-state index contributed by atoms with van der Waals surface area (Å²) in [5, 5.41) is 11.6. The number of alkyl halides is 3.